The van der Waals surface area contributed by atoms with E-state index in [9.17, 15) is 4.79 Å². The minimum Gasteiger partial charge on any atom is -0.330 e. The van der Waals surface area contributed by atoms with Gasteiger partial charge in [0.1, 0.15) is 5.69 Å². The van der Waals surface area contributed by atoms with Crippen LogP contribution < -0.4 is 5.32 Å². The van der Waals surface area contributed by atoms with Gasteiger partial charge in [-0.25, -0.2) is 15.0 Å². The predicted octanol–water partition coefficient (Wildman–Crippen LogP) is 2.74. The summed E-state index contributed by atoms with van der Waals surface area (Å²) in [5.74, 6) is 0.988. The smallest absolute Gasteiger partial charge is 0.247 e. The highest BCUT2D eigenvalue weighted by Crippen LogP contribution is 2.34. The van der Waals surface area contributed by atoms with Crippen molar-refractivity contribution in [3.63, 3.8) is 0 Å². The molecule has 1 aliphatic heterocycles. The molecule has 30 heavy (non-hydrogen) atoms. The van der Waals surface area contributed by atoms with Gasteiger partial charge in [-0.1, -0.05) is 0 Å². The average Bonchev–Trinajstić information content (AvgIpc) is 3.35. The first-order valence-electron chi connectivity index (χ1n) is 9.88. The summed E-state index contributed by atoms with van der Waals surface area (Å²) >= 11 is 0. The predicted molar refractivity (Wildman–Crippen MR) is 113 cm³/mol. The molecule has 1 aliphatic rings. The molecule has 1 N–H and O–H groups in total. The lowest BCUT2D eigenvalue weighted by atomic mass is 10.1. The third kappa shape index (κ3) is 4.19. The Balaban J connectivity index is 1.57. The van der Waals surface area contributed by atoms with E-state index in [0.29, 0.717) is 18.3 Å². The largest absolute Gasteiger partial charge is 0.330 e. The second-order valence-corrected chi connectivity index (χ2v) is 7.29. The fourth-order valence-corrected chi connectivity index (χ4v) is 3.69. The van der Waals surface area contributed by atoms with Crippen LogP contribution in [0.25, 0.3) is 6.08 Å². The van der Waals surface area contributed by atoms with E-state index in [0.717, 1.165) is 35.6 Å². The molecule has 1 amide bonds. The summed E-state index contributed by atoms with van der Waals surface area (Å²) in [6.45, 7) is 4.52. The number of likely N-dealkylation sites (tertiary alicyclic amines) is 1. The topological polar surface area (TPSA) is 102 Å². The molecular weight excluding hydrogens is 380 g/mol. The Labute approximate surface area is 174 Å². The summed E-state index contributed by atoms with van der Waals surface area (Å²) < 4.78 is 1.72. The van der Waals surface area contributed by atoms with Gasteiger partial charge in [-0.15, -0.1) is 0 Å². The van der Waals surface area contributed by atoms with Crippen LogP contribution in [0, 0.1) is 13.8 Å². The van der Waals surface area contributed by atoms with E-state index in [1.54, 1.807) is 35.4 Å². The van der Waals surface area contributed by atoms with Crippen molar-refractivity contribution >= 4 is 23.7 Å². The SMILES string of the molecule is Cc1cc(C)nc(Nc2nccnc2[C@@H]2CCCN2C(=O)/C=C/c2ccnn2C)n1. The number of anilines is 2. The average molecular weight is 404 g/mol. The summed E-state index contributed by atoms with van der Waals surface area (Å²) in [7, 11) is 1.84. The molecule has 0 bridgehead atoms. The molecule has 1 saturated heterocycles. The molecule has 0 unspecified atom stereocenters. The lowest BCUT2D eigenvalue weighted by Gasteiger charge is -2.24. The van der Waals surface area contributed by atoms with Crippen molar-refractivity contribution in [2.75, 3.05) is 11.9 Å². The number of amides is 1. The van der Waals surface area contributed by atoms with Gasteiger partial charge in [-0.05, 0) is 44.9 Å². The maximum Gasteiger partial charge on any atom is 0.247 e. The summed E-state index contributed by atoms with van der Waals surface area (Å²) in [5.41, 5.74) is 3.33. The van der Waals surface area contributed by atoms with Crippen LogP contribution in [0.1, 0.15) is 41.7 Å². The molecule has 0 spiro atoms. The van der Waals surface area contributed by atoms with Crippen LogP contribution in [0.3, 0.4) is 0 Å². The van der Waals surface area contributed by atoms with Crippen molar-refractivity contribution < 1.29 is 4.79 Å². The Bertz CT molecular complexity index is 1070. The normalized spacial score (nSPS) is 16.4. The summed E-state index contributed by atoms with van der Waals surface area (Å²) in [5, 5.41) is 7.31. The van der Waals surface area contributed by atoms with Crippen molar-refractivity contribution in [3.05, 3.63) is 59.6 Å². The van der Waals surface area contributed by atoms with E-state index in [4.69, 9.17) is 0 Å². The number of aryl methyl sites for hydroxylation is 3. The Kier molecular flexibility index (Phi) is 5.51. The first kappa shape index (κ1) is 19.7. The Morgan fingerprint density at radius 3 is 2.67 bits per heavy atom. The lowest BCUT2D eigenvalue weighted by Crippen LogP contribution is -2.30. The van der Waals surface area contributed by atoms with Crippen molar-refractivity contribution in [2.45, 2.75) is 32.7 Å². The van der Waals surface area contributed by atoms with Gasteiger partial charge in [-0.3, -0.25) is 14.5 Å². The van der Waals surface area contributed by atoms with Gasteiger partial charge in [0.2, 0.25) is 11.9 Å². The second kappa shape index (κ2) is 8.40. The van der Waals surface area contributed by atoms with Crippen LogP contribution in [-0.2, 0) is 11.8 Å². The minimum atomic E-state index is -0.157. The summed E-state index contributed by atoms with van der Waals surface area (Å²) in [6.07, 6.45) is 10.1. The monoisotopic (exact) mass is 404 g/mol. The van der Waals surface area contributed by atoms with E-state index >= 15 is 0 Å². The molecule has 4 heterocycles. The molecule has 1 atom stereocenters. The third-order valence-corrected chi connectivity index (χ3v) is 5.05. The van der Waals surface area contributed by atoms with Gasteiger partial charge in [0.15, 0.2) is 5.82 Å². The van der Waals surface area contributed by atoms with Crippen molar-refractivity contribution in [2.24, 2.45) is 7.05 Å². The van der Waals surface area contributed by atoms with Gasteiger partial charge in [0, 0.05) is 49.6 Å². The van der Waals surface area contributed by atoms with Crippen LogP contribution in [0.2, 0.25) is 0 Å². The van der Waals surface area contributed by atoms with Crippen LogP contribution in [0.4, 0.5) is 11.8 Å². The standard InChI is InChI=1S/C21H24N8O/c1-14-13-15(2)26-21(25-14)27-20-19(22-10-11-23-20)17-5-4-12-29(17)18(30)7-6-16-8-9-24-28(16)3/h6-11,13,17H,4-5,12H2,1-3H3,(H,23,25,26,27)/b7-6+/t17-/m0/s1. The fraction of sp³-hybridized carbons (Fsp3) is 0.333. The number of nitrogens with one attached hydrogen (secondary N) is 1. The van der Waals surface area contributed by atoms with Gasteiger partial charge < -0.3 is 10.2 Å². The molecule has 9 nitrogen and oxygen atoms in total. The van der Waals surface area contributed by atoms with Gasteiger partial charge in [0.25, 0.3) is 0 Å². The number of hydrogen-bond donors (Lipinski definition) is 1. The lowest BCUT2D eigenvalue weighted by molar-refractivity contribution is -0.126. The zero-order chi connectivity index (χ0) is 21.1. The van der Waals surface area contributed by atoms with Gasteiger partial charge in [0.05, 0.1) is 11.7 Å². The van der Waals surface area contributed by atoms with Crippen LogP contribution in [-0.4, -0.2) is 47.1 Å². The Morgan fingerprint density at radius 1 is 1.17 bits per heavy atom. The molecule has 0 radical (unpaired) electrons. The molecule has 3 aromatic rings. The zero-order valence-electron chi connectivity index (χ0n) is 17.3. The maximum atomic E-state index is 12.9. The number of nitrogens with zero attached hydrogens (tertiary/aromatic N) is 7. The van der Waals surface area contributed by atoms with Crippen molar-refractivity contribution in [1.82, 2.24) is 34.6 Å². The third-order valence-electron chi connectivity index (χ3n) is 5.05. The molecule has 0 aliphatic carbocycles. The van der Waals surface area contributed by atoms with Gasteiger partial charge in [-0.2, -0.15) is 5.10 Å². The summed E-state index contributed by atoms with van der Waals surface area (Å²) in [4.78, 5) is 32.6. The molecule has 0 saturated carbocycles. The Hall–Kier alpha value is -3.62. The maximum absolute atomic E-state index is 12.9. The van der Waals surface area contributed by atoms with Crippen LogP contribution in [0.15, 0.2) is 36.8 Å². The van der Waals surface area contributed by atoms with Crippen LogP contribution in [0.5, 0.6) is 0 Å². The number of carbonyl (C=O) groups is 1. The second-order valence-electron chi connectivity index (χ2n) is 7.29. The van der Waals surface area contributed by atoms with E-state index in [-0.39, 0.29) is 11.9 Å². The quantitative estimate of drug-likeness (QED) is 0.652. The number of hydrogen-bond acceptors (Lipinski definition) is 7. The van der Waals surface area contributed by atoms with E-state index in [1.807, 2.05) is 37.9 Å². The van der Waals surface area contributed by atoms with Crippen LogP contribution >= 0.6 is 0 Å². The highest BCUT2D eigenvalue weighted by molar-refractivity contribution is 5.92. The first-order chi connectivity index (χ1) is 14.5. The molecule has 9 heteroatoms. The fourth-order valence-electron chi connectivity index (χ4n) is 3.69. The van der Waals surface area contributed by atoms with Crippen molar-refractivity contribution in [1.29, 1.82) is 0 Å². The number of aromatic nitrogens is 6. The van der Waals surface area contributed by atoms with E-state index in [1.165, 1.54) is 0 Å². The van der Waals surface area contributed by atoms with E-state index < -0.39 is 0 Å². The van der Waals surface area contributed by atoms with E-state index in [2.05, 4.69) is 30.4 Å². The molecule has 154 valence electrons. The Morgan fingerprint density at radius 2 is 1.93 bits per heavy atom. The molecule has 0 aromatic carbocycles. The summed E-state index contributed by atoms with van der Waals surface area (Å²) in [6, 6.07) is 3.62. The molecule has 1 fully saturated rings. The highest BCUT2D eigenvalue weighted by Gasteiger charge is 2.32. The minimum absolute atomic E-state index is 0.0575. The first-order valence-corrected chi connectivity index (χ1v) is 9.88. The van der Waals surface area contributed by atoms with Gasteiger partial charge >= 0.3 is 0 Å². The highest BCUT2D eigenvalue weighted by atomic mass is 16.2. The van der Waals surface area contributed by atoms with Crippen molar-refractivity contribution in [3.8, 4) is 0 Å². The number of carbonyl (C=O) groups excluding carboxylic acids is 1. The molecular formula is C21H24N8O. The molecule has 3 aromatic heterocycles. The number of rotatable bonds is 5. The molecule has 4 rings (SSSR count). The zero-order valence-corrected chi connectivity index (χ0v) is 17.3.